The average Bonchev–Trinajstić information content (AvgIpc) is 2.38. The summed E-state index contributed by atoms with van der Waals surface area (Å²) in [6, 6.07) is 8.23. The van der Waals surface area contributed by atoms with Gasteiger partial charge in [0.1, 0.15) is 0 Å². The van der Waals surface area contributed by atoms with Crippen LogP contribution in [0.2, 0.25) is 0 Å². The van der Waals surface area contributed by atoms with Gasteiger partial charge in [0.25, 0.3) is 0 Å². The summed E-state index contributed by atoms with van der Waals surface area (Å²) in [5, 5.41) is 0. The molecule has 20 heavy (non-hydrogen) atoms. The zero-order valence-electron chi connectivity index (χ0n) is 13.1. The van der Waals surface area contributed by atoms with Gasteiger partial charge in [-0.1, -0.05) is 29.8 Å². The Balaban J connectivity index is 1.89. The maximum Gasteiger partial charge on any atom is 0.227 e. The van der Waals surface area contributed by atoms with Crippen LogP contribution in [-0.2, 0) is 11.2 Å². The Labute approximate surface area is 122 Å². The first-order chi connectivity index (χ1) is 9.36. The van der Waals surface area contributed by atoms with Crippen LogP contribution in [0.4, 0.5) is 0 Å². The number of hydrogen-bond acceptors (Lipinski definition) is 2. The highest BCUT2D eigenvalue weighted by Gasteiger charge is 2.27. The largest absolute Gasteiger partial charge is 0.340 e. The number of rotatable bonds is 2. The van der Waals surface area contributed by atoms with Crippen molar-refractivity contribution in [2.24, 2.45) is 0 Å². The van der Waals surface area contributed by atoms with Crippen LogP contribution in [0, 0.1) is 6.92 Å². The second-order valence-corrected chi connectivity index (χ2v) is 6.70. The van der Waals surface area contributed by atoms with E-state index in [2.05, 4.69) is 44.7 Å². The average molecular weight is 274 g/mol. The summed E-state index contributed by atoms with van der Waals surface area (Å²) in [7, 11) is 0. The van der Waals surface area contributed by atoms with E-state index in [1.165, 1.54) is 5.56 Å². The van der Waals surface area contributed by atoms with E-state index in [4.69, 9.17) is 0 Å². The summed E-state index contributed by atoms with van der Waals surface area (Å²) in [6.07, 6.45) is 0.525. The molecule has 0 aromatic heterocycles. The van der Waals surface area contributed by atoms with Gasteiger partial charge in [-0.25, -0.2) is 0 Å². The topological polar surface area (TPSA) is 23.6 Å². The molecule has 2 rings (SSSR count). The molecule has 0 radical (unpaired) electrons. The van der Waals surface area contributed by atoms with Crippen molar-refractivity contribution in [1.82, 2.24) is 9.80 Å². The number of piperazine rings is 1. The van der Waals surface area contributed by atoms with Gasteiger partial charge in [0.05, 0.1) is 6.42 Å². The lowest BCUT2D eigenvalue weighted by Gasteiger charge is -2.42. The fourth-order valence-corrected chi connectivity index (χ4v) is 2.74. The van der Waals surface area contributed by atoms with Crippen molar-refractivity contribution >= 4 is 5.91 Å². The molecule has 1 aromatic carbocycles. The summed E-state index contributed by atoms with van der Waals surface area (Å²) >= 11 is 0. The van der Waals surface area contributed by atoms with Gasteiger partial charge < -0.3 is 4.90 Å². The molecule has 1 fully saturated rings. The van der Waals surface area contributed by atoms with E-state index in [-0.39, 0.29) is 11.4 Å². The Bertz CT molecular complexity index is 468. The number of nitrogens with zero attached hydrogens (tertiary/aromatic N) is 2. The van der Waals surface area contributed by atoms with E-state index in [0.29, 0.717) is 6.42 Å². The number of carbonyl (C=O) groups is 1. The Morgan fingerprint density at radius 1 is 1.15 bits per heavy atom. The smallest absolute Gasteiger partial charge is 0.227 e. The van der Waals surface area contributed by atoms with Gasteiger partial charge in [0.2, 0.25) is 5.91 Å². The number of amides is 1. The first kappa shape index (κ1) is 15.0. The molecule has 0 saturated carbocycles. The third-order valence-corrected chi connectivity index (χ3v) is 4.02. The van der Waals surface area contributed by atoms with Gasteiger partial charge >= 0.3 is 0 Å². The molecule has 110 valence electrons. The molecule has 3 heteroatoms. The number of hydrogen-bond donors (Lipinski definition) is 0. The predicted molar refractivity (Wildman–Crippen MR) is 82.8 cm³/mol. The number of carbonyl (C=O) groups excluding carboxylic acids is 1. The molecular weight excluding hydrogens is 248 g/mol. The van der Waals surface area contributed by atoms with Crippen LogP contribution in [0.1, 0.15) is 31.9 Å². The molecule has 1 heterocycles. The van der Waals surface area contributed by atoms with Crippen molar-refractivity contribution < 1.29 is 4.79 Å². The van der Waals surface area contributed by atoms with Crippen LogP contribution >= 0.6 is 0 Å². The van der Waals surface area contributed by atoms with Crippen molar-refractivity contribution in [3.63, 3.8) is 0 Å². The van der Waals surface area contributed by atoms with E-state index in [9.17, 15) is 4.79 Å². The summed E-state index contributed by atoms with van der Waals surface area (Å²) in [5.74, 6) is 0.254. The van der Waals surface area contributed by atoms with E-state index in [0.717, 1.165) is 31.7 Å². The van der Waals surface area contributed by atoms with Crippen molar-refractivity contribution in [1.29, 1.82) is 0 Å². The van der Waals surface area contributed by atoms with Gasteiger partial charge in [-0.3, -0.25) is 9.69 Å². The molecule has 1 aliphatic rings. The highest BCUT2D eigenvalue weighted by Crippen LogP contribution is 2.16. The lowest BCUT2D eigenvalue weighted by Crippen LogP contribution is -2.54. The third kappa shape index (κ3) is 3.83. The van der Waals surface area contributed by atoms with Crippen LogP contribution in [-0.4, -0.2) is 47.4 Å². The summed E-state index contributed by atoms with van der Waals surface area (Å²) < 4.78 is 0. The molecule has 0 bridgehead atoms. The molecule has 0 spiro atoms. The van der Waals surface area contributed by atoms with Gasteiger partial charge in [-0.15, -0.1) is 0 Å². The van der Waals surface area contributed by atoms with Crippen molar-refractivity contribution in [3.8, 4) is 0 Å². The Morgan fingerprint density at radius 2 is 1.80 bits per heavy atom. The zero-order valence-corrected chi connectivity index (χ0v) is 13.1. The lowest BCUT2D eigenvalue weighted by molar-refractivity contribution is -0.133. The van der Waals surface area contributed by atoms with Crippen molar-refractivity contribution in [2.75, 3.05) is 26.2 Å². The molecule has 0 aliphatic carbocycles. The molecule has 3 nitrogen and oxygen atoms in total. The zero-order chi connectivity index (χ0) is 14.8. The highest BCUT2D eigenvalue weighted by molar-refractivity contribution is 5.79. The maximum absolute atomic E-state index is 12.3. The van der Waals surface area contributed by atoms with E-state index < -0.39 is 0 Å². The van der Waals surface area contributed by atoms with Crippen LogP contribution in [0.5, 0.6) is 0 Å². The van der Waals surface area contributed by atoms with E-state index in [1.807, 2.05) is 17.0 Å². The van der Waals surface area contributed by atoms with Gasteiger partial charge in [0, 0.05) is 31.7 Å². The van der Waals surface area contributed by atoms with Crippen molar-refractivity contribution in [3.05, 3.63) is 35.4 Å². The number of aryl methyl sites for hydroxylation is 1. The van der Waals surface area contributed by atoms with Crippen LogP contribution in [0.25, 0.3) is 0 Å². The lowest BCUT2D eigenvalue weighted by atomic mass is 10.0. The molecule has 0 unspecified atom stereocenters. The predicted octanol–water partition coefficient (Wildman–Crippen LogP) is 2.48. The standard InChI is InChI=1S/C17H26N2O/c1-14-6-5-7-15(12-14)13-16(20)18-8-10-19(11-9-18)17(2,3)4/h5-7,12H,8-11,13H2,1-4H3. The normalized spacial score (nSPS) is 17.3. The molecular formula is C17H26N2O. The maximum atomic E-state index is 12.3. The highest BCUT2D eigenvalue weighted by atomic mass is 16.2. The second-order valence-electron chi connectivity index (χ2n) is 6.70. The molecule has 0 atom stereocenters. The summed E-state index contributed by atoms with van der Waals surface area (Å²) in [6.45, 7) is 12.4. The van der Waals surface area contributed by atoms with Gasteiger partial charge in [-0.2, -0.15) is 0 Å². The molecule has 1 saturated heterocycles. The first-order valence-electron chi connectivity index (χ1n) is 7.44. The second kappa shape index (κ2) is 5.96. The Kier molecular flexibility index (Phi) is 4.48. The minimum absolute atomic E-state index is 0.200. The van der Waals surface area contributed by atoms with Gasteiger partial charge in [-0.05, 0) is 33.3 Å². The Morgan fingerprint density at radius 3 is 2.35 bits per heavy atom. The molecule has 0 N–H and O–H groups in total. The first-order valence-corrected chi connectivity index (χ1v) is 7.44. The van der Waals surface area contributed by atoms with Crippen LogP contribution < -0.4 is 0 Å². The van der Waals surface area contributed by atoms with E-state index >= 15 is 0 Å². The minimum atomic E-state index is 0.200. The van der Waals surface area contributed by atoms with E-state index in [1.54, 1.807) is 0 Å². The number of benzene rings is 1. The fraction of sp³-hybridized carbons (Fsp3) is 0.588. The summed E-state index contributed by atoms with van der Waals surface area (Å²) in [4.78, 5) is 16.8. The molecule has 1 aromatic rings. The van der Waals surface area contributed by atoms with Crippen LogP contribution in [0.15, 0.2) is 24.3 Å². The quantitative estimate of drug-likeness (QED) is 0.827. The van der Waals surface area contributed by atoms with Gasteiger partial charge in [0.15, 0.2) is 0 Å². The molecule has 1 aliphatic heterocycles. The monoisotopic (exact) mass is 274 g/mol. The van der Waals surface area contributed by atoms with Crippen molar-refractivity contribution in [2.45, 2.75) is 39.7 Å². The fourth-order valence-electron chi connectivity index (χ4n) is 2.74. The summed E-state index contributed by atoms with van der Waals surface area (Å²) in [5.41, 5.74) is 2.53. The van der Waals surface area contributed by atoms with Crippen LogP contribution in [0.3, 0.4) is 0 Å². The molecule has 1 amide bonds. The minimum Gasteiger partial charge on any atom is -0.340 e. The Hall–Kier alpha value is -1.35. The third-order valence-electron chi connectivity index (χ3n) is 4.02. The SMILES string of the molecule is Cc1cccc(CC(=O)N2CCN(C(C)(C)C)CC2)c1.